The molecule has 4 nitrogen and oxygen atoms in total. The van der Waals surface area contributed by atoms with E-state index in [4.69, 9.17) is 9.47 Å². The van der Waals surface area contributed by atoms with Crippen molar-refractivity contribution < 1.29 is 9.47 Å². The second-order valence-corrected chi connectivity index (χ2v) is 5.34. The summed E-state index contributed by atoms with van der Waals surface area (Å²) in [5.41, 5.74) is 1.24. The highest BCUT2D eigenvalue weighted by atomic mass is 16.5. The lowest BCUT2D eigenvalue weighted by Gasteiger charge is -2.24. The highest BCUT2D eigenvalue weighted by Crippen LogP contribution is 2.23. The first-order chi connectivity index (χ1) is 9.75. The maximum absolute atomic E-state index is 5.34. The van der Waals surface area contributed by atoms with Crippen LogP contribution in [0.3, 0.4) is 0 Å². The third-order valence-corrected chi connectivity index (χ3v) is 3.91. The van der Waals surface area contributed by atoms with E-state index in [9.17, 15) is 0 Å². The molecular weight excluding hydrogens is 252 g/mol. The zero-order valence-corrected chi connectivity index (χ0v) is 12.8. The van der Waals surface area contributed by atoms with Crippen molar-refractivity contribution in [1.29, 1.82) is 0 Å². The van der Waals surface area contributed by atoms with E-state index in [1.807, 2.05) is 6.07 Å². The molecule has 1 saturated heterocycles. The molecule has 0 aromatic heterocycles. The highest BCUT2D eigenvalue weighted by Gasteiger charge is 2.17. The molecule has 1 aromatic carbocycles. The standard InChI is InChI=1S/C16H26N2O2/c1-4-18(12-14-6-5-7-17-14)11-13-8-15(19-2)10-16(9-13)20-3/h8-10,14,17H,4-7,11-12H2,1-3H3. The Bertz CT molecular complexity index is 395. The van der Waals surface area contributed by atoms with Gasteiger partial charge < -0.3 is 14.8 Å². The van der Waals surface area contributed by atoms with Crippen molar-refractivity contribution in [3.05, 3.63) is 23.8 Å². The van der Waals surface area contributed by atoms with E-state index in [0.29, 0.717) is 6.04 Å². The number of hydrogen-bond donors (Lipinski definition) is 1. The summed E-state index contributed by atoms with van der Waals surface area (Å²) in [5.74, 6) is 1.71. The van der Waals surface area contributed by atoms with Gasteiger partial charge in [-0.25, -0.2) is 0 Å². The fourth-order valence-electron chi connectivity index (χ4n) is 2.75. The molecule has 0 aliphatic carbocycles. The molecule has 1 fully saturated rings. The molecule has 2 rings (SSSR count). The summed E-state index contributed by atoms with van der Waals surface area (Å²) in [6.45, 7) is 6.47. The number of nitrogens with zero attached hydrogens (tertiary/aromatic N) is 1. The van der Waals surface area contributed by atoms with Crippen LogP contribution >= 0.6 is 0 Å². The number of likely N-dealkylation sites (N-methyl/N-ethyl adjacent to an activating group) is 1. The van der Waals surface area contributed by atoms with E-state index in [0.717, 1.165) is 37.7 Å². The molecule has 4 heteroatoms. The molecule has 1 atom stereocenters. The normalized spacial score (nSPS) is 18.5. The topological polar surface area (TPSA) is 33.7 Å². The van der Waals surface area contributed by atoms with E-state index >= 15 is 0 Å². The van der Waals surface area contributed by atoms with Crippen LogP contribution < -0.4 is 14.8 Å². The van der Waals surface area contributed by atoms with E-state index in [1.54, 1.807) is 14.2 Å². The van der Waals surface area contributed by atoms with Crippen LogP contribution in [0.25, 0.3) is 0 Å². The van der Waals surface area contributed by atoms with Gasteiger partial charge in [0.25, 0.3) is 0 Å². The maximum Gasteiger partial charge on any atom is 0.122 e. The predicted octanol–water partition coefficient (Wildman–Crippen LogP) is 2.28. The van der Waals surface area contributed by atoms with Gasteiger partial charge in [0.2, 0.25) is 0 Å². The van der Waals surface area contributed by atoms with Crippen molar-refractivity contribution in [3.8, 4) is 11.5 Å². The van der Waals surface area contributed by atoms with Gasteiger partial charge in [0.15, 0.2) is 0 Å². The van der Waals surface area contributed by atoms with E-state index in [-0.39, 0.29) is 0 Å². The zero-order valence-electron chi connectivity index (χ0n) is 12.8. The average molecular weight is 278 g/mol. The summed E-state index contributed by atoms with van der Waals surface area (Å²) >= 11 is 0. The molecule has 1 N–H and O–H groups in total. The van der Waals surface area contributed by atoms with Crippen molar-refractivity contribution in [3.63, 3.8) is 0 Å². The Morgan fingerprint density at radius 3 is 2.40 bits per heavy atom. The SMILES string of the molecule is CCN(Cc1cc(OC)cc(OC)c1)CC1CCCN1. The molecule has 0 amide bonds. The van der Waals surface area contributed by atoms with Crippen LogP contribution in [0.4, 0.5) is 0 Å². The van der Waals surface area contributed by atoms with Crippen LogP contribution in [0, 0.1) is 0 Å². The minimum atomic E-state index is 0.641. The van der Waals surface area contributed by atoms with Crippen LogP contribution in [0.1, 0.15) is 25.3 Å². The first-order valence-electron chi connectivity index (χ1n) is 7.42. The Kier molecular flexibility index (Phi) is 5.68. The van der Waals surface area contributed by atoms with Crippen LogP contribution in [-0.4, -0.2) is 44.8 Å². The molecule has 20 heavy (non-hydrogen) atoms. The summed E-state index contributed by atoms with van der Waals surface area (Å²) in [6, 6.07) is 6.74. The molecule has 0 bridgehead atoms. The van der Waals surface area contributed by atoms with Crippen molar-refractivity contribution in [2.75, 3.05) is 33.9 Å². The molecular formula is C16H26N2O2. The predicted molar refractivity (Wildman–Crippen MR) is 81.5 cm³/mol. The first-order valence-corrected chi connectivity index (χ1v) is 7.42. The number of rotatable bonds is 7. The lowest BCUT2D eigenvalue weighted by atomic mass is 10.1. The van der Waals surface area contributed by atoms with Crippen LogP contribution in [0.2, 0.25) is 0 Å². The summed E-state index contributed by atoms with van der Waals surface area (Å²) in [6.07, 6.45) is 2.59. The van der Waals surface area contributed by atoms with Gasteiger partial charge in [-0.2, -0.15) is 0 Å². The van der Waals surface area contributed by atoms with Crippen molar-refractivity contribution >= 4 is 0 Å². The lowest BCUT2D eigenvalue weighted by molar-refractivity contribution is 0.252. The van der Waals surface area contributed by atoms with Gasteiger partial charge in [-0.05, 0) is 43.6 Å². The molecule has 1 unspecified atom stereocenters. The third kappa shape index (κ3) is 4.12. The number of benzene rings is 1. The van der Waals surface area contributed by atoms with Gasteiger partial charge in [-0.3, -0.25) is 4.90 Å². The van der Waals surface area contributed by atoms with Crippen molar-refractivity contribution in [2.24, 2.45) is 0 Å². The average Bonchev–Trinajstić information content (AvgIpc) is 2.99. The smallest absolute Gasteiger partial charge is 0.122 e. The minimum absolute atomic E-state index is 0.641. The first kappa shape index (κ1) is 15.1. The van der Waals surface area contributed by atoms with Crippen LogP contribution in [0.15, 0.2) is 18.2 Å². The van der Waals surface area contributed by atoms with Gasteiger partial charge >= 0.3 is 0 Å². The van der Waals surface area contributed by atoms with Gasteiger partial charge in [-0.15, -0.1) is 0 Å². The third-order valence-electron chi connectivity index (χ3n) is 3.91. The molecule has 0 radical (unpaired) electrons. The van der Waals surface area contributed by atoms with Gasteiger partial charge in [-0.1, -0.05) is 6.92 Å². The number of ether oxygens (including phenoxy) is 2. The number of hydrogen-bond acceptors (Lipinski definition) is 4. The molecule has 0 saturated carbocycles. The van der Waals surface area contributed by atoms with Crippen molar-refractivity contribution in [2.45, 2.75) is 32.4 Å². The highest BCUT2D eigenvalue weighted by molar-refractivity contribution is 5.38. The van der Waals surface area contributed by atoms with Gasteiger partial charge in [0.1, 0.15) is 11.5 Å². The summed E-state index contributed by atoms with van der Waals surface area (Å²) in [7, 11) is 3.39. The Labute approximate surface area is 122 Å². The molecule has 0 spiro atoms. The Morgan fingerprint density at radius 1 is 1.20 bits per heavy atom. The summed E-state index contributed by atoms with van der Waals surface area (Å²) in [4.78, 5) is 2.47. The van der Waals surface area contributed by atoms with Gasteiger partial charge in [0, 0.05) is 25.2 Å². The van der Waals surface area contributed by atoms with Gasteiger partial charge in [0.05, 0.1) is 14.2 Å². The molecule has 1 aliphatic rings. The monoisotopic (exact) mass is 278 g/mol. The summed E-state index contributed by atoms with van der Waals surface area (Å²) < 4.78 is 10.7. The summed E-state index contributed by atoms with van der Waals surface area (Å²) in [5, 5.41) is 3.56. The van der Waals surface area contributed by atoms with E-state index in [2.05, 4.69) is 29.3 Å². The molecule has 1 aliphatic heterocycles. The molecule has 112 valence electrons. The molecule has 1 heterocycles. The quantitative estimate of drug-likeness (QED) is 0.829. The largest absolute Gasteiger partial charge is 0.497 e. The minimum Gasteiger partial charge on any atom is -0.497 e. The zero-order chi connectivity index (χ0) is 14.4. The second-order valence-electron chi connectivity index (χ2n) is 5.34. The fourth-order valence-corrected chi connectivity index (χ4v) is 2.75. The Balaban J connectivity index is 2.01. The maximum atomic E-state index is 5.34. The second kappa shape index (κ2) is 7.50. The lowest BCUT2D eigenvalue weighted by Crippen LogP contribution is -2.37. The van der Waals surface area contributed by atoms with Crippen LogP contribution in [-0.2, 0) is 6.54 Å². The number of methoxy groups -OCH3 is 2. The van der Waals surface area contributed by atoms with E-state index in [1.165, 1.54) is 18.4 Å². The van der Waals surface area contributed by atoms with E-state index < -0.39 is 0 Å². The number of nitrogens with one attached hydrogen (secondary N) is 1. The van der Waals surface area contributed by atoms with Crippen molar-refractivity contribution in [1.82, 2.24) is 10.2 Å². The Morgan fingerprint density at radius 2 is 1.90 bits per heavy atom. The Hall–Kier alpha value is -1.26. The fraction of sp³-hybridized carbons (Fsp3) is 0.625. The molecule has 1 aromatic rings. The van der Waals surface area contributed by atoms with Crippen LogP contribution in [0.5, 0.6) is 11.5 Å².